The fraction of sp³-hybridized carbons (Fsp3) is 0. The molecule has 2 aromatic carbocycles. The van der Waals surface area contributed by atoms with Crippen LogP contribution in [-0.4, -0.2) is 12.6 Å². The summed E-state index contributed by atoms with van der Waals surface area (Å²) >= 11 is 0. The Labute approximate surface area is 173 Å². The van der Waals surface area contributed by atoms with Gasteiger partial charge in [-0.25, -0.2) is 0 Å². The van der Waals surface area contributed by atoms with Gasteiger partial charge in [0.15, 0.2) is 0 Å². The topological polar surface area (TPSA) is 34.1 Å². The number of benzene rings is 2. The summed E-state index contributed by atoms with van der Waals surface area (Å²) in [6, 6.07) is 15.2. The van der Waals surface area contributed by atoms with Crippen LogP contribution in [-0.2, 0) is 17.1 Å². The Morgan fingerprint density at radius 2 is 0.852 bits per heavy atom. The summed E-state index contributed by atoms with van der Waals surface area (Å²) in [5.74, 6) is 2.20. The van der Waals surface area contributed by atoms with E-state index in [1.54, 1.807) is 0 Å². The molecule has 2 aliphatic rings. The molecule has 0 unspecified atom stereocenters. The Morgan fingerprint density at radius 1 is 0.519 bits per heavy atom. The van der Waals surface area contributed by atoms with Crippen molar-refractivity contribution in [1.82, 2.24) is 0 Å². The Kier molecular flexibility index (Phi) is 8.97. The van der Waals surface area contributed by atoms with E-state index >= 15 is 0 Å². The molecule has 0 spiro atoms. The quantitative estimate of drug-likeness (QED) is 0.565. The van der Waals surface area contributed by atoms with E-state index < -0.39 is 0 Å². The van der Waals surface area contributed by atoms with Crippen molar-refractivity contribution in [3.63, 3.8) is 0 Å². The molecule has 2 fully saturated rings. The maximum Gasteiger partial charge on any atom is 0.150 e. The van der Waals surface area contributed by atoms with Crippen LogP contribution in [0.3, 0.4) is 0 Å². The summed E-state index contributed by atoms with van der Waals surface area (Å²) in [5, 5.41) is 0. The van der Waals surface area contributed by atoms with Crippen LogP contribution in [0.15, 0.2) is 48.5 Å². The van der Waals surface area contributed by atoms with Crippen molar-refractivity contribution in [2.45, 2.75) is 0 Å². The van der Waals surface area contributed by atoms with Gasteiger partial charge in [0.2, 0.25) is 0 Å². The van der Waals surface area contributed by atoms with Gasteiger partial charge in [-0.15, -0.1) is 0 Å². The van der Waals surface area contributed by atoms with Crippen molar-refractivity contribution in [2.75, 3.05) is 0 Å². The van der Waals surface area contributed by atoms with Crippen LogP contribution in [0.25, 0.3) is 0 Å². The fourth-order valence-electron chi connectivity index (χ4n) is 2.83. The Morgan fingerprint density at radius 3 is 1.19 bits per heavy atom. The van der Waals surface area contributed by atoms with E-state index in [2.05, 4.69) is 0 Å². The van der Waals surface area contributed by atoms with E-state index in [1.807, 2.05) is 99.9 Å². The molecular formula is C24H18FeO2. The molecule has 3 heteroatoms. The van der Waals surface area contributed by atoms with E-state index in [0.717, 1.165) is 46.7 Å². The van der Waals surface area contributed by atoms with Crippen molar-refractivity contribution in [3.8, 4) is 0 Å². The molecule has 0 atom stereocenters. The van der Waals surface area contributed by atoms with Gasteiger partial charge < -0.3 is 0 Å². The van der Waals surface area contributed by atoms with Gasteiger partial charge in [0, 0.05) is 40.0 Å². The largest absolute Gasteiger partial charge is 0.298 e. The fourth-order valence-corrected chi connectivity index (χ4v) is 2.83. The third-order valence-electron chi connectivity index (χ3n) is 4.12. The van der Waals surface area contributed by atoms with Gasteiger partial charge in [-0.05, 0) is 62.5 Å². The van der Waals surface area contributed by atoms with E-state index in [9.17, 15) is 9.59 Å². The van der Waals surface area contributed by atoms with Gasteiger partial charge in [-0.1, -0.05) is 48.5 Å². The van der Waals surface area contributed by atoms with Crippen LogP contribution < -0.4 is 0 Å². The molecule has 2 aliphatic carbocycles. The minimum atomic E-state index is 0. The number of aldehydes is 2. The molecule has 0 bridgehead atoms. The molecule has 10 radical (unpaired) electrons. The number of hydrogen-bond donors (Lipinski definition) is 0. The van der Waals surface area contributed by atoms with Crippen LogP contribution in [0.5, 0.6) is 0 Å². The van der Waals surface area contributed by atoms with E-state index in [0.29, 0.717) is 0 Å². The average Bonchev–Trinajstić information content (AvgIpc) is 3.42. The first-order valence-electron chi connectivity index (χ1n) is 8.36. The number of hydrogen-bond acceptors (Lipinski definition) is 2. The Bertz CT molecular complexity index is 665. The summed E-state index contributed by atoms with van der Waals surface area (Å²) in [5.41, 5.74) is 3.49. The first-order valence-corrected chi connectivity index (χ1v) is 8.36. The average molecular weight is 394 g/mol. The third kappa shape index (κ3) is 5.64. The van der Waals surface area contributed by atoms with E-state index in [-0.39, 0.29) is 17.1 Å². The molecular weight excluding hydrogens is 376 g/mol. The normalized spacial score (nSPS) is 16.9. The SMILES string of the molecule is O=Cc1ccccc1[C]1[CH][CH][CH][CH]1.O=Cc1ccccc1[C]1[CH][CH][CH][CH]1.[Fe]. The summed E-state index contributed by atoms with van der Waals surface area (Å²) in [7, 11) is 0. The van der Waals surface area contributed by atoms with Crippen LogP contribution in [0, 0.1) is 63.2 Å². The van der Waals surface area contributed by atoms with Crippen LogP contribution in [0.4, 0.5) is 0 Å². The number of carbonyl (C=O) groups is 2. The van der Waals surface area contributed by atoms with Crippen molar-refractivity contribution < 1.29 is 26.7 Å². The first kappa shape index (κ1) is 21.6. The molecule has 2 nitrogen and oxygen atoms in total. The zero-order valence-electron chi connectivity index (χ0n) is 14.6. The molecule has 134 valence electrons. The van der Waals surface area contributed by atoms with E-state index in [4.69, 9.17) is 0 Å². The second-order valence-corrected chi connectivity index (χ2v) is 5.76. The molecule has 2 saturated carbocycles. The molecule has 27 heavy (non-hydrogen) atoms. The predicted molar refractivity (Wildman–Crippen MR) is 103 cm³/mol. The first-order chi connectivity index (χ1) is 12.8. The van der Waals surface area contributed by atoms with Gasteiger partial charge in [-0.2, -0.15) is 0 Å². The molecule has 0 saturated heterocycles. The van der Waals surface area contributed by atoms with Crippen molar-refractivity contribution in [1.29, 1.82) is 0 Å². The minimum Gasteiger partial charge on any atom is -0.298 e. The Balaban J connectivity index is 0.000000187. The zero-order valence-corrected chi connectivity index (χ0v) is 15.7. The summed E-state index contributed by atoms with van der Waals surface area (Å²) < 4.78 is 0. The summed E-state index contributed by atoms with van der Waals surface area (Å²) in [6.07, 6.45) is 17.7. The summed E-state index contributed by atoms with van der Waals surface area (Å²) in [4.78, 5) is 21.4. The van der Waals surface area contributed by atoms with E-state index in [1.165, 1.54) is 0 Å². The Hall–Kier alpha value is -1.70. The van der Waals surface area contributed by atoms with Gasteiger partial charge in [-0.3, -0.25) is 9.59 Å². The van der Waals surface area contributed by atoms with Gasteiger partial charge in [0.05, 0.1) is 0 Å². The number of rotatable bonds is 4. The third-order valence-corrected chi connectivity index (χ3v) is 4.12. The summed E-state index contributed by atoms with van der Waals surface area (Å²) in [6.45, 7) is 0. The maximum atomic E-state index is 10.7. The minimum absolute atomic E-state index is 0. The van der Waals surface area contributed by atoms with Gasteiger partial charge in [0.25, 0.3) is 0 Å². The van der Waals surface area contributed by atoms with Gasteiger partial charge in [0.1, 0.15) is 12.6 Å². The van der Waals surface area contributed by atoms with Crippen molar-refractivity contribution in [2.24, 2.45) is 0 Å². The van der Waals surface area contributed by atoms with Gasteiger partial charge >= 0.3 is 0 Å². The van der Waals surface area contributed by atoms with Crippen molar-refractivity contribution in [3.05, 3.63) is 134 Å². The molecule has 0 aromatic heterocycles. The van der Waals surface area contributed by atoms with Crippen LogP contribution in [0.1, 0.15) is 31.8 Å². The second-order valence-electron chi connectivity index (χ2n) is 5.76. The molecule has 0 aliphatic heterocycles. The maximum absolute atomic E-state index is 10.7. The molecule has 0 amide bonds. The monoisotopic (exact) mass is 394 g/mol. The molecule has 2 aromatic rings. The second kappa shape index (κ2) is 11.2. The molecule has 0 N–H and O–H groups in total. The zero-order chi connectivity index (χ0) is 18.2. The van der Waals surface area contributed by atoms with Crippen LogP contribution in [0.2, 0.25) is 0 Å². The molecule has 0 heterocycles. The van der Waals surface area contributed by atoms with Crippen LogP contribution >= 0.6 is 0 Å². The predicted octanol–water partition coefficient (Wildman–Crippen LogP) is 4.50. The smallest absolute Gasteiger partial charge is 0.150 e. The molecule has 4 rings (SSSR count). The van der Waals surface area contributed by atoms with Crippen molar-refractivity contribution >= 4 is 12.6 Å². The standard InChI is InChI=1S/2C12H9O.Fe/c2*13-9-11-7-3-4-8-12(11)10-5-1-2-6-10;/h2*1-9H;. The number of carbonyl (C=O) groups excluding carboxylic acids is 2.